The Balaban J connectivity index is 2.86. The minimum Gasteiger partial charge on any atom is -0.324 e. The maximum atomic E-state index is 11.4. The second-order valence-corrected chi connectivity index (χ2v) is 3.81. The monoisotopic (exact) mass is 242 g/mol. The van der Waals surface area contributed by atoms with Crippen LogP contribution in [0.4, 0.5) is 5.69 Å². The molecule has 3 nitrogen and oxygen atoms in total. The van der Waals surface area contributed by atoms with Crippen molar-refractivity contribution in [3.05, 3.63) is 28.2 Å². The van der Waals surface area contributed by atoms with Gasteiger partial charge in [-0.3, -0.25) is 4.79 Å². The topological polar surface area (TPSA) is 52.9 Å². The van der Waals surface area contributed by atoms with Crippen molar-refractivity contribution in [2.45, 2.75) is 6.92 Å². The number of nitrogens with one attached hydrogen (secondary N) is 1. The maximum Gasteiger partial charge on any atom is 0.241 e. The van der Waals surface area contributed by atoms with Crippen LogP contribution >= 0.6 is 23.2 Å². The number of carbonyl (C=O) groups excluding carboxylic acids is 1. The van der Waals surface area contributed by atoms with Gasteiger partial charge in [0, 0.05) is 5.02 Å². The number of carbonyl (C=O) groups is 1. The number of amides is 1. The highest BCUT2D eigenvalue weighted by atomic mass is 35.5. The molecule has 78 valence electrons. The molecule has 1 aromatic rings. The van der Waals surface area contributed by atoms with Gasteiger partial charge in [0.1, 0.15) is 5.92 Å². The average molecular weight is 243 g/mol. The molecule has 1 amide bonds. The van der Waals surface area contributed by atoms with E-state index in [1.165, 1.54) is 13.0 Å². The van der Waals surface area contributed by atoms with Crippen LogP contribution in [0.1, 0.15) is 6.92 Å². The minimum atomic E-state index is -0.722. The summed E-state index contributed by atoms with van der Waals surface area (Å²) >= 11 is 11.6. The molecular formula is C10H8Cl2N2O. The predicted octanol–water partition coefficient (Wildman–Crippen LogP) is 3.09. The number of hydrogen-bond acceptors (Lipinski definition) is 2. The lowest BCUT2D eigenvalue weighted by Crippen LogP contribution is -2.19. The standard InChI is InChI=1S/C10H8Cl2N2O/c1-6(5-13)10(15)14-9-4-7(11)2-3-8(9)12/h2-4,6H,1H3,(H,14,15). The number of benzene rings is 1. The number of nitrogens with zero attached hydrogens (tertiary/aromatic N) is 1. The van der Waals surface area contributed by atoms with E-state index in [-0.39, 0.29) is 0 Å². The van der Waals surface area contributed by atoms with Gasteiger partial charge in [0.2, 0.25) is 5.91 Å². The van der Waals surface area contributed by atoms with Gasteiger partial charge in [-0.05, 0) is 25.1 Å². The molecule has 0 aliphatic carbocycles. The molecule has 0 heterocycles. The first kappa shape index (κ1) is 11.8. The first-order valence-corrected chi connectivity index (χ1v) is 4.95. The molecule has 15 heavy (non-hydrogen) atoms. The zero-order chi connectivity index (χ0) is 11.4. The second kappa shape index (κ2) is 5.01. The number of nitriles is 1. The lowest BCUT2D eigenvalue weighted by Gasteiger charge is -2.08. The van der Waals surface area contributed by atoms with Crippen LogP contribution < -0.4 is 5.32 Å². The quantitative estimate of drug-likeness (QED) is 0.867. The molecule has 1 atom stereocenters. The van der Waals surface area contributed by atoms with E-state index >= 15 is 0 Å². The molecule has 0 fully saturated rings. The van der Waals surface area contributed by atoms with E-state index < -0.39 is 11.8 Å². The summed E-state index contributed by atoms with van der Waals surface area (Å²) in [6.07, 6.45) is 0. The van der Waals surface area contributed by atoms with Crippen LogP contribution in [-0.4, -0.2) is 5.91 Å². The van der Waals surface area contributed by atoms with E-state index in [0.29, 0.717) is 15.7 Å². The number of anilines is 1. The smallest absolute Gasteiger partial charge is 0.241 e. The van der Waals surface area contributed by atoms with Gasteiger partial charge in [0.25, 0.3) is 0 Å². The highest BCUT2D eigenvalue weighted by molar-refractivity contribution is 6.35. The first-order chi connectivity index (χ1) is 7.04. The number of hydrogen-bond donors (Lipinski definition) is 1. The Morgan fingerprint density at radius 3 is 2.80 bits per heavy atom. The largest absolute Gasteiger partial charge is 0.324 e. The fourth-order valence-electron chi connectivity index (χ4n) is 0.893. The van der Waals surface area contributed by atoms with Gasteiger partial charge in [-0.25, -0.2) is 0 Å². The fourth-order valence-corrected chi connectivity index (χ4v) is 1.23. The van der Waals surface area contributed by atoms with Crippen molar-refractivity contribution in [2.24, 2.45) is 5.92 Å². The van der Waals surface area contributed by atoms with E-state index in [0.717, 1.165) is 0 Å². The van der Waals surface area contributed by atoms with E-state index in [4.69, 9.17) is 28.5 Å². The van der Waals surface area contributed by atoms with Crippen LogP contribution in [0.2, 0.25) is 10.0 Å². The van der Waals surface area contributed by atoms with E-state index in [1.807, 2.05) is 6.07 Å². The SMILES string of the molecule is CC(C#N)C(=O)Nc1cc(Cl)ccc1Cl. The van der Waals surface area contributed by atoms with Crippen molar-refractivity contribution < 1.29 is 4.79 Å². The van der Waals surface area contributed by atoms with Gasteiger partial charge >= 0.3 is 0 Å². The highest BCUT2D eigenvalue weighted by Gasteiger charge is 2.13. The normalized spacial score (nSPS) is 11.6. The summed E-state index contributed by atoms with van der Waals surface area (Å²) in [5, 5.41) is 11.9. The molecule has 0 aliphatic heterocycles. The van der Waals surface area contributed by atoms with Crippen LogP contribution in [0.15, 0.2) is 18.2 Å². The molecule has 0 radical (unpaired) electrons. The summed E-state index contributed by atoms with van der Waals surface area (Å²) < 4.78 is 0. The van der Waals surface area contributed by atoms with Gasteiger partial charge in [0.05, 0.1) is 16.8 Å². The summed E-state index contributed by atoms with van der Waals surface area (Å²) in [4.78, 5) is 11.4. The Hall–Kier alpha value is -1.24. The van der Waals surface area contributed by atoms with Crippen LogP contribution in [0.5, 0.6) is 0 Å². The van der Waals surface area contributed by atoms with Crippen molar-refractivity contribution in [3.63, 3.8) is 0 Å². The summed E-state index contributed by atoms with van der Waals surface area (Å²) in [6, 6.07) is 6.56. The first-order valence-electron chi connectivity index (χ1n) is 4.20. The molecule has 0 bridgehead atoms. The van der Waals surface area contributed by atoms with Gasteiger partial charge in [-0.2, -0.15) is 5.26 Å². The molecule has 1 unspecified atom stereocenters. The van der Waals surface area contributed by atoms with Crippen molar-refractivity contribution >= 4 is 34.8 Å². The lowest BCUT2D eigenvalue weighted by atomic mass is 10.2. The zero-order valence-electron chi connectivity index (χ0n) is 7.92. The van der Waals surface area contributed by atoms with E-state index in [9.17, 15) is 4.79 Å². The maximum absolute atomic E-state index is 11.4. The Bertz CT molecular complexity index is 426. The van der Waals surface area contributed by atoms with Gasteiger partial charge in [-0.1, -0.05) is 23.2 Å². The Labute approximate surface area is 97.6 Å². The molecule has 1 aromatic carbocycles. The van der Waals surface area contributed by atoms with Gasteiger partial charge in [-0.15, -0.1) is 0 Å². The molecule has 0 saturated carbocycles. The van der Waals surface area contributed by atoms with Crippen molar-refractivity contribution in [3.8, 4) is 6.07 Å². The van der Waals surface area contributed by atoms with Crippen LogP contribution in [0, 0.1) is 17.2 Å². The van der Waals surface area contributed by atoms with Crippen molar-refractivity contribution in [1.82, 2.24) is 0 Å². The average Bonchev–Trinajstić information content (AvgIpc) is 2.22. The number of halogens is 2. The third kappa shape index (κ3) is 3.12. The third-order valence-corrected chi connectivity index (χ3v) is 2.34. The van der Waals surface area contributed by atoms with Crippen LogP contribution in [0.25, 0.3) is 0 Å². The minimum absolute atomic E-state index is 0.387. The lowest BCUT2D eigenvalue weighted by molar-refractivity contribution is -0.117. The van der Waals surface area contributed by atoms with E-state index in [1.54, 1.807) is 12.1 Å². The van der Waals surface area contributed by atoms with Gasteiger partial charge < -0.3 is 5.32 Å². The van der Waals surface area contributed by atoms with Crippen molar-refractivity contribution in [1.29, 1.82) is 5.26 Å². The molecule has 0 aliphatic rings. The van der Waals surface area contributed by atoms with Crippen LogP contribution in [0.3, 0.4) is 0 Å². The molecule has 0 saturated heterocycles. The van der Waals surface area contributed by atoms with Gasteiger partial charge in [0.15, 0.2) is 0 Å². The Morgan fingerprint density at radius 1 is 1.53 bits per heavy atom. The Kier molecular flexibility index (Phi) is 3.96. The predicted molar refractivity (Wildman–Crippen MR) is 59.9 cm³/mol. The number of rotatable bonds is 2. The molecule has 5 heteroatoms. The Morgan fingerprint density at radius 2 is 2.20 bits per heavy atom. The molecule has 0 aromatic heterocycles. The summed E-state index contributed by atoms with van der Waals surface area (Å²) in [6.45, 7) is 1.51. The zero-order valence-corrected chi connectivity index (χ0v) is 9.43. The summed E-state index contributed by atoms with van der Waals surface area (Å²) in [7, 11) is 0. The summed E-state index contributed by atoms with van der Waals surface area (Å²) in [5.41, 5.74) is 0.413. The molecule has 1 N–H and O–H groups in total. The van der Waals surface area contributed by atoms with Crippen LogP contribution in [-0.2, 0) is 4.79 Å². The summed E-state index contributed by atoms with van der Waals surface area (Å²) in [5.74, 6) is -1.12. The fraction of sp³-hybridized carbons (Fsp3) is 0.200. The molecule has 1 rings (SSSR count). The highest BCUT2D eigenvalue weighted by Crippen LogP contribution is 2.25. The molecule has 0 spiro atoms. The van der Waals surface area contributed by atoms with E-state index in [2.05, 4.69) is 5.32 Å². The third-order valence-electron chi connectivity index (χ3n) is 1.77. The van der Waals surface area contributed by atoms with Crippen molar-refractivity contribution in [2.75, 3.05) is 5.32 Å². The molecular weight excluding hydrogens is 235 g/mol. The second-order valence-electron chi connectivity index (χ2n) is 2.96.